The summed E-state index contributed by atoms with van der Waals surface area (Å²) in [6, 6.07) is 12.6. The van der Waals surface area contributed by atoms with Crippen LogP contribution < -0.4 is 13.8 Å². The van der Waals surface area contributed by atoms with Gasteiger partial charge in [0.15, 0.2) is 11.5 Å². The lowest BCUT2D eigenvalue weighted by molar-refractivity contribution is 0.174. The number of hydrogen-bond donors (Lipinski definition) is 0. The van der Waals surface area contributed by atoms with Gasteiger partial charge in [-0.25, -0.2) is 8.42 Å². The van der Waals surface area contributed by atoms with Crippen LogP contribution in [-0.2, 0) is 10.0 Å². The van der Waals surface area contributed by atoms with Crippen LogP contribution in [0.4, 0.5) is 5.69 Å². The summed E-state index contributed by atoms with van der Waals surface area (Å²) in [7, 11) is -3.77. The molecular weight excluding hydrogens is 376 g/mol. The van der Waals surface area contributed by atoms with Crippen molar-refractivity contribution in [3.63, 3.8) is 0 Å². The predicted molar refractivity (Wildman–Crippen MR) is 103 cm³/mol. The Labute approximate surface area is 164 Å². The van der Waals surface area contributed by atoms with Gasteiger partial charge in [-0.05, 0) is 43.5 Å². The van der Waals surface area contributed by atoms with Crippen LogP contribution in [0.5, 0.6) is 11.5 Å². The van der Waals surface area contributed by atoms with Crippen LogP contribution in [0.25, 0.3) is 0 Å². The van der Waals surface area contributed by atoms with Gasteiger partial charge in [0, 0.05) is 18.0 Å². The third kappa shape index (κ3) is 2.41. The lowest BCUT2D eigenvalue weighted by Crippen LogP contribution is -2.47. The fourth-order valence-electron chi connectivity index (χ4n) is 4.74. The van der Waals surface area contributed by atoms with E-state index in [4.69, 9.17) is 9.47 Å². The SMILES string of the molecule is Cc1ccc(S(=O)(=O)N2c3cc4c(cc3C(C#N)C3CCCC32)OCO4)cc1. The molecular formula is C21H20N2O4S. The van der Waals surface area contributed by atoms with Crippen LogP contribution in [0, 0.1) is 24.2 Å². The molecule has 3 unspecified atom stereocenters. The zero-order valence-electron chi connectivity index (χ0n) is 15.5. The Balaban J connectivity index is 1.73. The fourth-order valence-corrected chi connectivity index (χ4v) is 6.48. The normalized spacial score (nSPS) is 25.1. The van der Waals surface area contributed by atoms with Gasteiger partial charge in [-0.15, -0.1) is 0 Å². The van der Waals surface area contributed by atoms with Crippen molar-refractivity contribution >= 4 is 15.7 Å². The molecule has 1 saturated carbocycles. The molecule has 6 nitrogen and oxygen atoms in total. The topological polar surface area (TPSA) is 79.6 Å². The highest BCUT2D eigenvalue weighted by Gasteiger charge is 2.49. The number of fused-ring (bicyclic) bond motifs is 3. The number of hydrogen-bond acceptors (Lipinski definition) is 5. The number of anilines is 1. The molecule has 3 aliphatic rings. The van der Waals surface area contributed by atoms with E-state index >= 15 is 0 Å². The first-order valence-electron chi connectivity index (χ1n) is 9.45. The summed E-state index contributed by atoms with van der Waals surface area (Å²) in [6.07, 6.45) is 2.51. The van der Waals surface area contributed by atoms with Crippen molar-refractivity contribution in [3.8, 4) is 17.6 Å². The highest BCUT2D eigenvalue weighted by Crippen LogP contribution is 2.53. The Hall–Kier alpha value is -2.72. The van der Waals surface area contributed by atoms with Crippen LogP contribution in [0.15, 0.2) is 41.3 Å². The van der Waals surface area contributed by atoms with E-state index < -0.39 is 10.0 Å². The molecule has 0 saturated heterocycles. The Morgan fingerprint density at radius 1 is 1.11 bits per heavy atom. The number of nitriles is 1. The highest BCUT2D eigenvalue weighted by atomic mass is 32.2. The van der Waals surface area contributed by atoms with Gasteiger partial charge in [0.1, 0.15) is 0 Å². The van der Waals surface area contributed by atoms with Crippen LogP contribution >= 0.6 is 0 Å². The summed E-state index contributed by atoms with van der Waals surface area (Å²) in [5, 5.41) is 9.88. The first-order chi connectivity index (χ1) is 13.5. The van der Waals surface area contributed by atoms with Gasteiger partial charge in [0.05, 0.1) is 22.6 Å². The maximum Gasteiger partial charge on any atom is 0.264 e. The maximum absolute atomic E-state index is 13.7. The summed E-state index contributed by atoms with van der Waals surface area (Å²) in [5.41, 5.74) is 2.26. The maximum atomic E-state index is 13.7. The Kier molecular flexibility index (Phi) is 3.81. The van der Waals surface area contributed by atoms with Crippen LogP contribution in [0.1, 0.15) is 36.3 Å². The lowest BCUT2D eigenvalue weighted by Gasteiger charge is -2.41. The molecule has 5 rings (SSSR count). The van der Waals surface area contributed by atoms with E-state index in [1.807, 2.05) is 19.1 Å². The van der Waals surface area contributed by atoms with Gasteiger partial charge in [-0.3, -0.25) is 4.31 Å². The molecule has 7 heteroatoms. The number of aryl methyl sites for hydroxylation is 1. The van der Waals surface area contributed by atoms with Crippen molar-refractivity contribution in [2.75, 3.05) is 11.1 Å². The van der Waals surface area contributed by atoms with Gasteiger partial charge in [0.2, 0.25) is 6.79 Å². The fraction of sp³-hybridized carbons (Fsp3) is 0.381. The van der Waals surface area contributed by atoms with Crippen LogP contribution in [0.2, 0.25) is 0 Å². The van der Waals surface area contributed by atoms with Crippen LogP contribution in [-0.4, -0.2) is 21.3 Å². The molecule has 0 N–H and O–H groups in total. The molecule has 0 spiro atoms. The Morgan fingerprint density at radius 2 is 1.82 bits per heavy atom. The minimum atomic E-state index is -3.77. The number of sulfonamides is 1. The number of rotatable bonds is 2. The second-order valence-electron chi connectivity index (χ2n) is 7.65. The third-order valence-electron chi connectivity index (χ3n) is 6.07. The molecule has 2 heterocycles. The molecule has 144 valence electrons. The van der Waals surface area contributed by atoms with Crippen molar-refractivity contribution in [2.24, 2.45) is 5.92 Å². The minimum absolute atomic E-state index is 0.0157. The van der Waals surface area contributed by atoms with E-state index in [1.54, 1.807) is 28.6 Å². The van der Waals surface area contributed by atoms with E-state index in [-0.39, 0.29) is 29.6 Å². The second-order valence-corrected chi connectivity index (χ2v) is 9.46. The predicted octanol–water partition coefficient (Wildman–Crippen LogP) is 3.71. The van der Waals surface area contributed by atoms with Gasteiger partial charge < -0.3 is 9.47 Å². The molecule has 2 aromatic rings. The van der Waals surface area contributed by atoms with Crippen molar-refractivity contribution in [1.29, 1.82) is 5.26 Å². The van der Waals surface area contributed by atoms with Crippen molar-refractivity contribution in [3.05, 3.63) is 47.5 Å². The van der Waals surface area contributed by atoms with Gasteiger partial charge in [-0.2, -0.15) is 5.26 Å². The van der Waals surface area contributed by atoms with E-state index in [2.05, 4.69) is 6.07 Å². The molecule has 2 aliphatic heterocycles. The molecule has 0 radical (unpaired) electrons. The molecule has 2 aromatic carbocycles. The minimum Gasteiger partial charge on any atom is -0.454 e. The van der Waals surface area contributed by atoms with Crippen molar-refractivity contribution < 1.29 is 17.9 Å². The molecule has 0 bridgehead atoms. The standard InChI is InChI=1S/C21H20N2O4S/c1-13-5-7-14(8-6-13)28(24,25)23-18-4-2-3-15(18)17(11-22)16-9-20-21(10-19(16)23)27-12-26-20/h5-10,15,17-18H,2-4,12H2,1H3. The molecule has 0 aromatic heterocycles. The number of nitrogens with zero attached hydrogens (tertiary/aromatic N) is 2. The summed E-state index contributed by atoms with van der Waals surface area (Å²) in [4.78, 5) is 0.266. The lowest BCUT2D eigenvalue weighted by atomic mass is 9.79. The third-order valence-corrected chi connectivity index (χ3v) is 7.93. The quantitative estimate of drug-likeness (QED) is 0.773. The van der Waals surface area contributed by atoms with E-state index in [1.165, 1.54) is 0 Å². The Morgan fingerprint density at radius 3 is 2.54 bits per heavy atom. The summed E-state index contributed by atoms with van der Waals surface area (Å²) in [6.45, 7) is 2.03. The van der Waals surface area contributed by atoms with Crippen LogP contribution in [0.3, 0.4) is 0 Å². The molecule has 28 heavy (non-hydrogen) atoms. The second kappa shape index (κ2) is 6.14. The van der Waals surface area contributed by atoms with Gasteiger partial charge in [0.25, 0.3) is 10.0 Å². The van der Waals surface area contributed by atoms with Crippen molar-refractivity contribution in [1.82, 2.24) is 0 Å². The average Bonchev–Trinajstić information content (AvgIpc) is 3.33. The Bertz CT molecular complexity index is 1090. The summed E-state index contributed by atoms with van der Waals surface area (Å²) in [5.74, 6) is 0.735. The molecule has 3 atom stereocenters. The zero-order chi connectivity index (χ0) is 19.5. The first-order valence-corrected chi connectivity index (χ1v) is 10.9. The van der Waals surface area contributed by atoms with Crippen molar-refractivity contribution in [2.45, 2.75) is 43.0 Å². The monoisotopic (exact) mass is 396 g/mol. The zero-order valence-corrected chi connectivity index (χ0v) is 16.3. The van der Waals surface area contributed by atoms with Gasteiger partial charge >= 0.3 is 0 Å². The number of ether oxygens (including phenoxy) is 2. The smallest absolute Gasteiger partial charge is 0.264 e. The average molecular weight is 396 g/mol. The summed E-state index contributed by atoms with van der Waals surface area (Å²) < 4.78 is 39.9. The largest absolute Gasteiger partial charge is 0.454 e. The van der Waals surface area contributed by atoms with E-state index in [0.29, 0.717) is 22.7 Å². The molecule has 1 fully saturated rings. The molecule has 1 aliphatic carbocycles. The number of benzene rings is 2. The first kappa shape index (κ1) is 17.4. The van der Waals surface area contributed by atoms with Gasteiger partial charge in [-0.1, -0.05) is 24.1 Å². The van der Waals surface area contributed by atoms with E-state index in [0.717, 1.165) is 24.8 Å². The van der Waals surface area contributed by atoms with E-state index in [9.17, 15) is 13.7 Å². The highest BCUT2D eigenvalue weighted by molar-refractivity contribution is 7.92. The summed E-state index contributed by atoms with van der Waals surface area (Å²) >= 11 is 0. The molecule has 0 amide bonds.